The summed E-state index contributed by atoms with van der Waals surface area (Å²) in [7, 11) is 0. The lowest BCUT2D eigenvalue weighted by Crippen LogP contribution is -2.26. The Labute approximate surface area is 162 Å². The van der Waals surface area contributed by atoms with E-state index >= 15 is 0 Å². The van der Waals surface area contributed by atoms with Crippen LogP contribution in [0.5, 0.6) is 0 Å². The molecule has 2 aromatic carbocycles. The number of amides is 2. The lowest BCUT2D eigenvalue weighted by Gasteiger charge is -2.04. The molecular weight excluding hydrogens is 358 g/mol. The van der Waals surface area contributed by atoms with Gasteiger partial charge in [-0.3, -0.25) is 14.9 Å². The Bertz CT molecular complexity index is 879. The number of nitrogens with one attached hydrogen (secondary N) is 2. The minimum absolute atomic E-state index is 0.0608. The molecule has 0 aliphatic carbocycles. The fraction of sp³-hybridized carbons (Fsp3) is 0.190. The molecule has 2 N–H and O–H groups in total. The van der Waals surface area contributed by atoms with Crippen LogP contribution >= 0.6 is 11.3 Å². The smallest absolute Gasteiger partial charge is 0.257 e. The minimum atomic E-state index is -0.207. The van der Waals surface area contributed by atoms with Crippen LogP contribution in [0.25, 0.3) is 0 Å². The molecule has 0 aliphatic rings. The molecule has 0 aliphatic heterocycles. The Balaban J connectivity index is 1.40. The predicted octanol–water partition coefficient (Wildman–Crippen LogP) is 3.69. The van der Waals surface area contributed by atoms with E-state index in [-0.39, 0.29) is 18.2 Å². The second-order valence-corrected chi connectivity index (χ2v) is 6.94. The van der Waals surface area contributed by atoms with E-state index in [0.717, 1.165) is 12.8 Å². The molecule has 1 aromatic heterocycles. The maximum Gasteiger partial charge on any atom is 0.257 e. The van der Waals surface area contributed by atoms with Crippen molar-refractivity contribution in [2.75, 3.05) is 11.9 Å². The van der Waals surface area contributed by atoms with Crippen LogP contribution in [0.3, 0.4) is 0 Å². The lowest BCUT2D eigenvalue weighted by molar-refractivity contribution is -0.120. The SMILES string of the molecule is O=C(Cc1csc(NC(=O)c2ccccc2)n1)NCCCc1ccccc1. The molecule has 0 atom stereocenters. The summed E-state index contributed by atoms with van der Waals surface area (Å²) in [5, 5.41) is 7.97. The summed E-state index contributed by atoms with van der Waals surface area (Å²) < 4.78 is 0. The summed E-state index contributed by atoms with van der Waals surface area (Å²) in [6.07, 6.45) is 2.04. The largest absolute Gasteiger partial charge is 0.356 e. The van der Waals surface area contributed by atoms with Crippen molar-refractivity contribution in [1.29, 1.82) is 0 Å². The predicted molar refractivity (Wildman–Crippen MR) is 108 cm³/mol. The number of hydrogen-bond donors (Lipinski definition) is 2. The second kappa shape index (κ2) is 9.64. The van der Waals surface area contributed by atoms with E-state index in [2.05, 4.69) is 27.8 Å². The summed E-state index contributed by atoms with van der Waals surface area (Å²) in [4.78, 5) is 28.5. The number of aromatic nitrogens is 1. The molecule has 0 radical (unpaired) electrons. The van der Waals surface area contributed by atoms with Crippen molar-refractivity contribution in [2.45, 2.75) is 19.3 Å². The Kier molecular flexibility index (Phi) is 6.71. The van der Waals surface area contributed by atoms with Crippen molar-refractivity contribution in [3.05, 3.63) is 82.9 Å². The van der Waals surface area contributed by atoms with Crippen molar-refractivity contribution in [2.24, 2.45) is 0 Å². The molecule has 6 heteroatoms. The number of nitrogens with zero attached hydrogens (tertiary/aromatic N) is 1. The van der Waals surface area contributed by atoms with Gasteiger partial charge in [0.05, 0.1) is 12.1 Å². The zero-order valence-corrected chi connectivity index (χ0v) is 15.7. The third kappa shape index (κ3) is 6.04. The first-order valence-electron chi connectivity index (χ1n) is 8.82. The minimum Gasteiger partial charge on any atom is -0.356 e. The molecular formula is C21H21N3O2S. The Morgan fingerprint density at radius 1 is 0.963 bits per heavy atom. The molecule has 5 nitrogen and oxygen atoms in total. The van der Waals surface area contributed by atoms with Gasteiger partial charge in [0.15, 0.2) is 5.13 Å². The van der Waals surface area contributed by atoms with Crippen LogP contribution in [0, 0.1) is 0 Å². The monoisotopic (exact) mass is 379 g/mol. The molecule has 3 rings (SSSR count). The van der Waals surface area contributed by atoms with Crippen LogP contribution in [0.2, 0.25) is 0 Å². The normalized spacial score (nSPS) is 10.4. The van der Waals surface area contributed by atoms with Crippen molar-refractivity contribution in [3.63, 3.8) is 0 Å². The van der Waals surface area contributed by atoms with E-state index in [4.69, 9.17) is 0 Å². The van der Waals surface area contributed by atoms with Gasteiger partial charge < -0.3 is 5.32 Å². The van der Waals surface area contributed by atoms with E-state index in [1.54, 1.807) is 17.5 Å². The molecule has 2 amide bonds. The number of carbonyl (C=O) groups is 2. The lowest BCUT2D eigenvalue weighted by atomic mass is 10.1. The van der Waals surface area contributed by atoms with E-state index in [9.17, 15) is 9.59 Å². The molecule has 1 heterocycles. The van der Waals surface area contributed by atoms with Crippen LogP contribution in [0.1, 0.15) is 28.0 Å². The van der Waals surface area contributed by atoms with Crippen molar-refractivity contribution >= 4 is 28.3 Å². The number of benzene rings is 2. The van der Waals surface area contributed by atoms with Crippen LogP contribution in [-0.2, 0) is 17.6 Å². The Morgan fingerprint density at radius 3 is 2.41 bits per heavy atom. The highest BCUT2D eigenvalue weighted by Crippen LogP contribution is 2.17. The van der Waals surface area contributed by atoms with Crippen LogP contribution in [0.4, 0.5) is 5.13 Å². The fourth-order valence-electron chi connectivity index (χ4n) is 2.60. The summed E-state index contributed by atoms with van der Waals surface area (Å²) in [6.45, 7) is 0.634. The summed E-state index contributed by atoms with van der Waals surface area (Å²) >= 11 is 1.32. The second-order valence-electron chi connectivity index (χ2n) is 6.08. The Hall–Kier alpha value is -2.99. The average molecular weight is 379 g/mol. The van der Waals surface area contributed by atoms with Crippen LogP contribution in [0.15, 0.2) is 66.0 Å². The van der Waals surface area contributed by atoms with E-state index < -0.39 is 0 Å². The number of hydrogen-bond acceptors (Lipinski definition) is 4. The third-order valence-electron chi connectivity index (χ3n) is 3.96. The van der Waals surface area contributed by atoms with Crippen molar-refractivity contribution in [1.82, 2.24) is 10.3 Å². The van der Waals surface area contributed by atoms with Gasteiger partial charge >= 0.3 is 0 Å². The summed E-state index contributed by atoms with van der Waals surface area (Å²) in [5.41, 5.74) is 2.50. The molecule has 0 bridgehead atoms. The van der Waals surface area contributed by atoms with Gasteiger partial charge in [0.2, 0.25) is 5.91 Å². The van der Waals surface area contributed by atoms with Gasteiger partial charge in [0.1, 0.15) is 0 Å². The molecule has 138 valence electrons. The van der Waals surface area contributed by atoms with Crippen molar-refractivity contribution in [3.8, 4) is 0 Å². The van der Waals surface area contributed by atoms with Crippen LogP contribution in [-0.4, -0.2) is 23.3 Å². The fourth-order valence-corrected chi connectivity index (χ4v) is 3.30. The van der Waals surface area contributed by atoms with Gasteiger partial charge in [-0.05, 0) is 30.5 Å². The van der Waals surface area contributed by atoms with Gasteiger partial charge in [-0.15, -0.1) is 11.3 Å². The van der Waals surface area contributed by atoms with Crippen molar-refractivity contribution < 1.29 is 9.59 Å². The maximum absolute atomic E-state index is 12.1. The van der Waals surface area contributed by atoms with E-state index in [0.29, 0.717) is 22.9 Å². The first-order valence-corrected chi connectivity index (χ1v) is 9.70. The number of thiazole rings is 1. The molecule has 0 fully saturated rings. The van der Waals surface area contributed by atoms with Gasteiger partial charge in [-0.1, -0.05) is 48.5 Å². The molecule has 0 saturated heterocycles. The van der Waals surface area contributed by atoms with Gasteiger partial charge in [0.25, 0.3) is 5.91 Å². The molecule has 3 aromatic rings. The first kappa shape index (κ1) is 18.8. The zero-order valence-electron chi connectivity index (χ0n) is 14.9. The van der Waals surface area contributed by atoms with Crippen LogP contribution < -0.4 is 10.6 Å². The highest BCUT2D eigenvalue weighted by molar-refractivity contribution is 7.14. The molecule has 0 spiro atoms. The third-order valence-corrected chi connectivity index (χ3v) is 4.76. The van der Waals surface area contributed by atoms with Gasteiger partial charge in [-0.2, -0.15) is 0 Å². The van der Waals surface area contributed by atoms with Gasteiger partial charge in [-0.25, -0.2) is 4.98 Å². The molecule has 0 saturated carbocycles. The standard InChI is InChI=1S/C21H21N3O2S/c25-19(22-13-7-10-16-8-3-1-4-9-16)14-18-15-27-21(23-18)24-20(26)17-11-5-2-6-12-17/h1-6,8-9,11-12,15H,7,10,13-14H2,(H,22,25)(H,23,24,26). The van der Waals surface area contributed by atoms with E-state index in [1.165, 1.54) is 16.9 Å². The number of rotatable bonds is 8. The highest BCUT2D eigenvalue weighted by atomic mass is 32.1. The zero-order chi connectivity index (χ0) is 18.9. The summed E-state index contributed by atoms with van der Waals surface area (Å²) in [6, 6.07) is 19.2. The Morgan fingerprint density at radius 2 is 1.67 bits per heavy atom. The van der Waals surface area contributed by atoms with Gasteiger partial charge in [0, 0.05) is 17.5 Å². The first-order chi connectivity index (χ1) is 13.2. The molecule has 0 unspecified atom stereocenters. The topological polar surface area (TPSA) is 71.1 Å². The molecule has 27 heavy (non-hydrogen) atoms. The quantitative estimate of drug-likeness (QED) is 0.587. The van der Waals surface area contributed by atoms with E-state index in [1.807, 2.05) is 36.4 Å². The average Bonchev–Trinajstić information content (AvgIpc) is 3.13. The summed E-state index contributed by atoms with van der Waals surface area (Å²) in [5.74, 6) is -0.267. The maximum atomic E-state index is 12.1. The number of anilines is 1. The highest BCUT2D eigenvalue weighted by Gasteiger charge is 2.10. The number of aryl methyl sites for hydroxylation is 1. The number of carbonyl (C=O) groups excluding carboxylic acids is 2.